The normalized spacial score (nSPS) is 11.1. The van der Waals surface area contributed by atoms with E-state index in [1.165, 1.54) is 29.3 Å². The number of nitrogens with one attached hydrogen (secondary N) is 1. The molecule has 154 valence electrons. The summed E-state index contributed by atoms with van der Waals surface area (Å²) in [5.41, 5.74) is 1.76. The van der Waals surface area contributed by atoms with Crippen molar-refractivity contribution in [1.29, 1.82) is 0 Å². The second-order valence-electron chi connectivity index (χ2n) is 5.84. The lowest BCUT2D eigenvalue weighted by molar-refractivity contribution is 0.0526. The van der Waals surface area contributed by atoms with Crippen LogP contribution in [0, 0.1) is 0 Å². The van der Waals surface area contributed by atoms with Gasteiger partial charge in [-0.25, -0.2) is 19.3 Å². The molecule has 3 heterocycles. The van der Waals surface area contributed by atoms with Crippen LogP contribution in [0.4, 0.5) is 11.8 Å². The molecule has 30 heavy (non-hydrogen) atoms. The molecule has 0 aliphatic carbocycles. The van der Waals surface area contributed by atoms with E-state index in [-0.39, 0.29) is 23.9 Å². The van der Waals surface area contributed by atoms with Crippen LogP contribution >= 0.6 is 46.3 Å². The maximum absolute atomic E-state index is 12.3. The number of ether oxygens (including phenoxy) is 1. The molecule has 0 fully saturated rings. The van der Waals surface area contributed by atoms with Crippen molar-refractivity contribution in [3.63, 3.8) is 0 Å². The van der Waals surface area contributed by atoms with Crippen molar-refractivity contribution < 1.29 is 9.53 Å². The summed E-state index contributed by atoms with van der Waals surface area (Å²) in [6.07, 6.45) is 3.27. The Morgan fingerprint density at radius 2 is 2.17 bits per heavy atom. The number of thiazole rings is 1. The first-order chi connectivity index (χ1) is 14.5. The maximum atomic E-state index is 12.3. The zero-order valence-electron chi connectivity index (χ0n) is 15.7. The molecule has 3 aromatic heterocycles. The number of benzene rings is 1. The van der Waals surface area contributed by atoms with Crippen LogP contribution in [0.25, 0.3) is 16.2 Å². The molecule has 0 aliphatic rings. The molecular formula is C18H14Cl2N6O2S2. The van der Waals surface area contributed by atoms with Gasteiger partial charge >= 0.3 is 5.97 Å². The van der Waals surface area contributed by atoms with Crippen LogP contribution in [0.15, 0.2) is 34.9 Å². The van der Waals surface area contributed by atoms with Crippen LogP contribution in [0.2, 0.25) is 10.0 Å². The smallest absolute Gasteiger partial charge is 0.343 e. The van der Waals surface area contributed by atoms with Crippen LogP contribution in [-0.2, 0) is 4.74 Å². The lowest BCUT2D eigenvalue weighted by Crippen LogP contribution is -2.11. The van der Waals surface area contributed by atoms with Gasteiger partial charge in [0.1, 0.15) is 5.56 Å². The second kappa shape index (κ2) is 8.76. The summed E-state index contributed by atoms with van der Waals surface area (Å²) >= 11 is 15.1. The number of carbonyl (C=O) groups excluding carboxylic acids is 1. The van der Waals surface area contributed by atoms with E-state index in [9.17, 15) is 4.79 Å². The van der Waals surface area contributed by atoms with Crippen molar-refractivity contribution in [1.82, 2.24) is 24.6 Å². The summed E-state index contributed by atoms with van der Waals surface area (Å²) in [6.45, 7) is 1.98. The van der Waals surface area contributed by atoms with E-state index >= 15 is 0 Å². The first-order valence-corrected chi connectivity index (χ1v) is 11.5. The monoisotopic (exact) mass is 480 g/mol. The Balaban J connectivity index is 1.72. The highest BCUT2D eigenvalue weighted by Crippen LogP contribution is 2.33. The van der Waals surface area contributed by atoms with Crippen LogP contribution in [0.5, 0.6) is 0 Å². The van der Waals surface area contributed by atoms with Gasteiger partial charge in [-0.05, 0) is 31.4 Å². The SMILES string of the molecule is CCOC(=O)c1cnc(SC)nc1Nc1nc2scc(-c3ccc(Cl)cc3Cl)n2n1. The predicted octanol–water partition coefficient (Wildman–Crippen LogP) is 5.20. The Kier molecular flexibility index (Phi) is 6.09. The maximum Gasteiger partial charge on any atom is 0.343 e. The number of thioether (sulfide) groups is 1. The van der Waals surface area contributed by atoms with Gasteiger partial charge < -0.3 is 10.1 Å². The zero-order chi connectivity index (χ0) is 21.3. The summed E-state index contributed by atoms with van der Waals surface area (Å²) in [7, 11) is 0. The number of fused-ring (bicyclic) bond motifs is 1. The van der Waals surface area contributed by atoms with Crippen molar-refractivity contribution >= 4 is 69.0 Å². The fourth-order valence-electron chi connectivity index (χ4n) is 2.64. The average Bonchev–Trinajstić information content (AvgIpc) is 3.28. The van der Waals surface area contributed by atoms with Crippen molar-refractivity contribution in [2.24, 2.45) is 0 Å². The van der Waals surface area contributed by atoms with Gasteiger partial charge in [-0.3, -0.25) is 0 Å². The molecule has 0 amide bonds. The van der Waals surface area contributed by atoms with Crippen molar-refractivity contribution in [2.75, 3.05) is 18.2 Å². The van der Waals surface area contributed by atoms with Gasteiger partial charge in [-0.1, -0.05) is 35.0 Å². The molecule has 0 bridgehead atoms. The molecule has 4 aromatic rings. The number of anilines is 2. The molecular weight excluding hydrogens is 467 g/mol. The van der Waals surface area contributed by atoms with Crippen molar-refractivity contribution in [3.8, 4) is 11.3 Å². The topological polar surface area (TPSA) is 94.3 Å². The number of hydrogen-bond acceptors (Lipinski definition) is 9. The standard InChI is InChI=1S/C18H14Cl2N6O2S2/c1-3-28-15(27)11-7-21-17(29-2)23-14(11)22-16-24-18-26(25-16)13(8-30-18)10-5-4-9(19)6-12(10)20/h4-8H,3H2,1-2H3,(H,21,22,23,25). The largest absolute Gasteiger partial charge is 0.462 e. The molecule has 8 nitrogen and oxygen atoms in total. The van der Waals surface area contributed by atoms with E-state index in [0.29, 0.717) is 20.2 Å². The van der Waals surface area contributed by atoms with Gasteiger partial charge in [0.2, 0.25) is 10.9 Å². The van der Waals surface area contributed by atoms with Crippen molar-refractivity contribution in [3.05, 3.63) is 45.4 Å². The molecule has 0 unspecified atom stereocenters. The van der Waals surface area contributed by atoms with Crippen molar-refractivity contribution in [2.45, 2.75) is 12.1 Å². The third kappa shape index (κ3) is 4.08. The summed E-state index contributed by atoms with van der Waals surface area (Å²) in [4.78, 5) is 25.9. The summed E-state index contributed by atoms with van der Waals surface area (Å²) in [5.74, 6) is 0.0314. The molecule has 12 heteroatoms. The van der Waals surface area contributed by atoms with Gasteiger partial charge in [0, 0.05) is 22.2 Å². The summed E-state index contributed by atoms with van der Waals surface area (Å²) in [6, 6.07) is 5.27. The third-order valence-corrected chi connectivity index (χ3v) is 5.89. The van der Waals surface area contributed by atoms with Crippen LogP contribution < -0.4 is 5.32 Å². The minimum absolute atomic E-state index is 0.203. The van der Waals surface area contributed by atoms with E-state index in [1.54, 1.807) is 23.6 Å². The molecule has 4 rings (SSSR count). The number of halogens is 2. The van der Waals surface area contributed by atoms with Gasteiger partial charge in [0.05, 0.1) is 17.3 Å². The fraction of sp³-hybridized carbons (Fsp3) is 0.167. The minimum atomic E-state index is -0.526. The van der Waals surface area contributed by atoms with Gasteiger partial charge in [0.25, 0.3) is 0 Å². The Morgan fingerprint density at radius 1 is 1.33 bits per heavy atom. The Hall–Kier alpha value is -2.40. The number of rotatable bonds is 6. The Labute approximate surface area is 189 Å². The Bertz CT molecular complexity index is 1240. The number of carbonyl (C=O) groups is 1. The van der Waals surface area contributed by atoms with E-state index in [0.717, 1.165) is 11.3 Å². The van der Waals surface area contributed by atoms with E-state index in [2.05, 4.69) is 25.4 Å². The van der Waals surface area contributed by atoms with Crippen LogP contribution in [-0.4, -0.2) is 43.4 Å². The second-order valence-corrected chi connectivity index (χ2v) is 8.29. The molecule has 1 N–H and O–H groups in total. The molecule has 1 aromatic carbocycles. The molecule has 0 atom stereocenters. The van der Waals surface area contributed by atoms with E-state index in [1.807, 2.05) is 17.7 Å². The first-order valence-electron chi connectivity index (χ1n) is 8.65. The van der Waals surface area contributed by atoms with Gasteiger partial charge in [-0.15, -0.1) is 16.4 Å². The fourth-order valence-corrected chi connectivity index (χ4v) is 4.31. The summed E-state index contributed by atoms with van der Waals surface area (Å²) in [5, 5.41) is 11.0. The predicted molar refractivity (Wildman–Crippen MR) is 119 cm³/mol. The number of nitrogens with zero attached hydrogens (tertiary/aromatic N) is 5. The van der Waals surface area contributed by atoms with E-state index in [4.69, 9.17) is 27.9 Å². The molecule has 0 saturated carbocycles. The summed E-state index contributed by atoms with van der Waals surface area (Å²) < 4.78 is 6.76. The molecule has 0 spiro atoms. The molecule has 0 radical (unpaired) electrons. The lowest BCUT2D eigenvalue weighted by atomic mass is 10.2. The van der Waals surface area contributed by atoms with E-state index < -0.39 is 5.97 Å². The van der Waals surface area contributed by atoms with Crippen LogP contribution in [0.3, 0.4) is 0 Å². The number of esters is 1. The minimum Gasteiger partial charge on any atom is -0.462 e. The number of hydrogen-bond donors (Lipinski definition) is 1. The quantitative estimate of drug-likeness (QED) is 0.228. The van der Waals surface area contributed by atoms with Gasteiger partial charge in [0.15, 0.2) is 11.0 Å². The highest BCUT2D eigenvalue weighted by atomic mass is 35.5. The third-order valence-electron chi connectivity index (χ3n) is 3.96. The van der Waals surface area contributed by atoms with Gasteiger partial charge in [-0.2, -0.15) is 4.98 Å². The van der Waals surface area contributed by atoms with Crippen LogP contribution in [0.1, 0.15) is 17.3 Å². The highest BCUT2D eigenvalue weighted by Gasteiger charge is 2.19. The lowest BCUT2D eigenvalue weighted by Gasteiger charge is -2.08. The first kappa shape index (κ1) is 20.9. The molecule has 0 saturated heterocycles. The Morgan fingerprint density at radius 3 is 2.90 bits per heavy atom. The molecule has 0 aliphatic heterocycles. The zero-order valence-corrected chi connectivity index (χ0v) is 18.9. The highest BCUT2D eigenvalue weighted by molar-refractivity contribution is 7.98. The number of aromatic nitrogens is 5. The average molecular weight is 481 g/mol.